The number of carbonyl (C=O) groups excluding carboxylic acids is 6. The summed E-state index contributed by atoms with van der Waals surface area (Å²) in [5.74, 6) is -4.55. The van der Waals surface area contributed by atoms with Gasteiger partial charge in [-0.2, -0.15) is 0 Å². The Kier molecular flexibility index (Phi) is 14.9. The predicted octanol–water partition coefficient (Wildman–Crippen LogP) is -3.43. The molecule has 2 saturated heterocycles. The summed E-state index contributed by atoms with van der Waals surface area (Å²) >= 11 is 0. The second kappa shape index (κ2) is 17.2. The van der Waals surface area contributed by atoms with Gasteiger partial charge < -0.3 is 54.0 Å². The Hall–Kier alpha value is -3.64. The van der Waals surface area contributed by atoms with E-state index in [1.54, 1.807) is 13.8 Å². The first-order valence-corrected chi connectivity index (χ1v) is 12.5. The van der Waals surface area contributed by atoms with Crippen molar-refractivity contribution in [2.75, 3.05) is 19.8 Å². The third-order valence-corrected chi connectivity index (χ3v) is 5.30. The van der Waals surface area contributed by atoms with Gasteiger partial charge in [0.25, 0.3) is 0 Å². The van der Waals surface area contributed by atoms with E-state index in [2.05, 4.69) is 23.7 Å². The van der Waals surface area contributed by atoms with Crippen LogP contribution in [0.1, 0.15) is 33.6 Å². The summed E-state index contributed by atoms with van der Waals surface area (Å²) in [4.78, 5) is 64.9. The van der Waals surface area contributed by atoms with Crippen molar-refractivity contribution in [1.29, 1.82) is 0 Å². The van der Waals surface area contributed by atoms with Crippen LogP contribution in [0.3, 0.4) is 0 Å². The molecule has 0 bridgehead atoms. The van der Waals surface area contributed by atoms with Crippen molar-refractivity contribution >= 4 is 35.8 Å². The van der Waals surface area contributed by atoms with Crippen LogP contribution in [0.5, 0.6) is 0 Å². The number of rotatable bonds is 9. The molecule has 0 saturated carbocycles. The van der Waals surface area contributed by atoms with Crippen molar-refractivity contribution < 1.29 is 82.7 Å². The Morgan fingerprint density at radius 3 is 1.73 bits per heavy atom. The van der Waals surface area contributed by atoms with Crippen LogP contribution >= 0.6 is 0 Å². The van der Waals surface area contributed by atoms with Gasteiger partial charge in [-0.05, 0) is 33.3 Å². The minimum absolute atomic E-state index is 0.0508. The molecule has 17 heteroatoms. The highest BCUT2D eigenvalue weighted by atomic mass is 16.6. The quantitative estimate of drug-likeness (QED) is 0.128. The van der Waals surface area contributed by atoms with E-state index in [1.807, 2.05) is 0 Å². The normalized spacial score (nSPS) is 26.5. The molecular weight excluding hydrogens is 560 g/mol. The maximum absolute atomic E-state index is 11.0. The number of hydrogen-bond acceptors (Lipinski definition) is 17. The fourth-order valence-corrected chi connectivity index (χ4v) is 3.27. The molecule has 3 rings (SSSR count). The summed E-state index contributed by atoms with van der Waals surface area (Å²) in [5, 5.41) is 46.2. The largest absolute Gasteiger partial charge is 0.464 e. The van der Waals surface area contributed by atoms with Crippen LogP contribution < -0.4 is 0 Å². The smallest absolute Gasteiger partial charge is 0.339 e. The zero-order valence-electron chi connectivity index (χ0n) is 22.4. The molecule has 0 aromatic heterocycles. The van der Waals surface area contributed by atoms with Crippen LogP contribution in [-0.4, -0.2) is 130 Å². The lowest BCUT2D eigenvalue weighted by atomic mass is 10.1. The lowest BCUT2D eigenvalue weighted by molar-refractivity contribution is -0.167. The molecule has 0 aromatic carbocycles. The van der Waals surface area contributed by atoms with Crippen LogP contribution in [0.15, 0.2) is 12.2 Å². The summed E-state index contributed by atoms with van der Waals surface area (Å²) in [6.45, 7) is 5.25. The number of ether oxygens (including phenoxy) is 6. The standard InChI is InChI=1S/C8H12O7.C8H12O5.C8H10O5/c1-2-14-7(12)5(11)6-3(9)4(10)8(13)15-6;2*1-2-12-8(11)7(10)5-3-4-6(9)13-5/h3-6,9-11H,2H2,1H3;5,7,10H,2-4H2,1H3;3-5,7,10H,2H2,1H3/t3-,4+,5-,6+;2*5-,7+/m100/s1. The van der Waals surface area contributed by atoms with Crippen molar-refractivity contribution in [2.45, 2.75) is 82.4 Å². The van der Waals surface area contributed by atoms with Crippen LogP contribution in [0.25, 0.3) is 0 Å². The van der Waals surface area contributed by atoms with Gasteiger partial charge in [0, 0.05) is 12.5 Å². The van der Waals surface area contributed by atoms with Crippen LogP contribution in [0, 0.1) is 0 Å². The van der Waals surface area contributed by atoms with Gasteiger partial charge in [-0.25, -0.2) is 24.0 Å². The van der Waals surface area contributed by atoms with Crippen LogP contribution in [0.2, 0.25) is 0 Å². The first kappa shape index (κ1) is 35.4. The molecule has 41 heavy (non-hydrogen) atoms. The van der Waals surface area contributed by atoms with Gasteiger partial charge in [0.1, 0.15) is 12.2 Å². The molecule has 3 aliphatic heterocycles. The summed E-state index contributed by atoms with van der Waals surface area (Å²) in [6.07, 6.45) is -7.94. The zero-order chi connectivity index (χ0) is 31.3. The van der Waals surface area contributed by atoms with Gasteiger partial charge in [-0.15, -0.1) is 0 Å². The Balaban J connectivity index is 0.000000309. The number of aliphatic hydroxyl groups excluding tert-OH is 5. The van der Waals surface area contributed by atoms with Gasteiger partial charge in [0.05, 0.1) is 19.8 Å². The van der Waals surface area contributed by atoms with Gasteiger partial charge in [-0.3, -0.25) is 4.79 Å². The first-order chi connectivity index (χ1) is 19.3. The number of aliphatic hydroxyl groups is 5. The van der Waals surface area contributed by atoms with Crippen molar-refractivity contribution in [3.8, 4) is 0 Å². The summed E-state index contributed by atoms with van der Waals surface area (Å²) in [7, 11) is 0. The van der Waals surface area contributed by atoms with E-state index in [4.69, 9.17) is 9.84 Å². The zero-order valence-corrected chi connectivity index (χ0v) is 22.4. The van der Waals surface area contributed by atoms with Crippen LogP contribution in [0.4, 0.5) is 0 Å². The van der Waals surface area contributed by atoms with Crippen molar-refractivity contribution in [3.05, 3.63) is 12.2 Å². The van der Waals surface area contributed by atoms with Gasteiger partial charge in [0.15, 0.2) is 36.6 Å². The molecule has 0 aromatic rings. The van der Waals surface area contributed by atoms with E-state index >= 15 is 0 Å². The van der Waals surface area contributed by atoms with E-state index < -0.39 is 78.7 Å². The fraction of sp³-hybridized carbons (Fsp3) is 0.667. The maximum atomic E-state index is 11.0. The highest BCUT2D eigenvalue weighted by Crippen LogP contribution is 2.20. The van der Waals surface area contributed by atoms with Gasteiger partial charge in [0.2, 0.25) is 0 Å². The molecule has 0 unspecified atom stereocenters. The average molecular weight is 595 g/mol. The average Bonchev–Trinajstić information content (AvgIpc) is 3.64. The number of hydrogen-bond donors (Lipinski definition) is 5. The van der Waals surface area contributed by atoms with Crippen molar-refractivity contribution in [2.24, 2.45) is 0 Å². The van der Waals surface area contributed by atoms with Gasteiger partial charge >= 0.3 is 35.8 Å². The molecule has 8 atom stereocenters. The summed E-state index contributed by atoms with van der Waals surface area (Å²) in [6, 6.07) is 0. The third-order valence-electron chi connectivity index (χ3n) is 5.30. The number of cyclic esters (lactones) is 3. The molecule has 0 amide bonds. The summed E-state index contributed by atoms with van der Waals surface area (Å²) in [5.41, 5.74) is 0. The topological polar surface area (TPSA) is 259 Å². The maximum Gasteiger partial charge on any atom is 0.339 e. The predicted molar refractivity (Wildman–Crippen MR) is 128 cm³/mol. The molecule has 3 aliphatic rings. The lowest BCUT2D eigenvalue weighted by Gasteiger charge is -2.18. The molecule has 0 radical (unpaired) electrons. The molecule has 5 N–H and O–H groups in total. The van der Waals surface area contributed by atoms with E-state index in [0.717, 1.165) is 6.08 Å². The Bertz CT molecular complexity index is 962. The minimum atomic E-state index is -1.79. The molecule has 0 aliphatic carbocycles. The Morgan fingerprint density at radius 1 is 0.829 bits per heavy atom. The molecular formula is C24H34O17. The third kappa shape index (κ3) is 10.7. The molecule has 232 valence electrons. The molecule has 3 heterocycles. The van der Waals surface area contributed by atoms with Crippen molar-refractivity contribution in [1.82, 2.24) is 0 Å². The second-order valence-corrected chi connectivity index (χ2v) is 8.26. The Morgan fingerprint density at radius 2 is 1.34 bits per heavy atom. The Labute approximate surface area is 233 Å². The SMILES string of the molecule is CCOC(=O)[C@H](O)[C@@H]1C=CC(=O)O1.CCOC(=O)[C@H](O)[C@@H]1CCC(=O)O1.CCOC(=O)[C@H](O)[C@H]1OC(=O)[C@@H](O)[C@H]1O. The minimum Gasteiger partial charge on any atom is -0.464 e. The highest BCUT2D eigenvalue weighted by Gasteiger charge is 2.48. The second-order valence-electron chi connectivity index (χ2n) is 8.26. The van der Waals surface area contributed by atoms with Crippen LogP contribution in [-0.2, 0) is 57.2 Å². The molecule has 17 nitrogen and oxygen atoms in total. The fourth-order valence-electron chi connectivity index (χ4n) is 3.27. The lowest BCUT2D eigenvalue weighted by Crippen LogP contribution is -2.43. The van der Waals surface area contributed by atoms with E-state index in [1.165, 1.54) is 13.0 Å². The van der Waals surface area contributed by atoms with Crippen molar-refractivity contribution in [3.63, 3.8) is 0 Å². The molecule has 2 fully saturated rings. The molecule has 0 spiro atoms. The summed E-state index contributed by atoms with van der Waals surface area (Å²) < 4.78 is 27.3. The van der Waals surface area contributed by atoms with E-state index in [9.17, 15) is 49.2 Å². The van der Waals surface area contributed by atoms with E-state index in [0.29, 0.717) is 6.42 Å². The first-order valence-electron chi connectivity index (χ1n) is 12.5. The van der Waals surface area contributed by atoms with Gasteiger partial charge in [-0.1, -0.05) is 0 Å². The number of carbonyl (C=O) groups is 6. The van der Waals surface area contributed by atoms with E-state index in [-0.39, 0.29) is 32.2 Å². The monoisotopic (exact) mass is 594 g/mol. The highest BCUT2D eigenvalue weighted by molar-refractivity contribution is 5.86. The number of esters is 6.